The van der Waals surface area contributed by atoms with Gasteiger partial charge in [0.05, 0.1) is 0 Å². The number of pyridine rings is 1. The number of hydrogen-bond acceptors (Lipinski definition) is 5. The number of carbonyl (C=O) groups is 1. The number of tetrazole rings is 1. The molecule has 0 bridgehead atoms. The summed E-state index contributed by atoms with van der Waals surface area (Å²) in [4.78, 5) is 16.6. The highest BCUT2D eigenvalue weighted by Crippen LogP contribution is 2.13. The van der Waals surface area contributed by atoms with E-state index in [9.17, 15) is 4.79 Å². The lowest BCUT2D eigenvalue weighted by Crippen LogP contribution is -2.34. The van der Waals surface area contributed by atoms with Crippen LogP contribution in [0.1, 0.15) is 17.2 Å². The van der Waals surface area contributed by atoms with Crippen LogP contribution in [0.3, 0.4) is 0 Å². The van der Waals surface area contributed by atoms with Gasteiger partial charge < -0.3 is 5.32 Å². The molecule has 1 amide bonds. The zero-order chi connectivity index (χ0) is 15.9. The highest BCUT2D eigenvalue weighted by molar-refractivity contribution is 5.80. The Labute approximate surface area is 133 Å². The fourth-order valence-corrected chi connectivity index (χ4v) is 2.26. The molecule has 116 valence electrons. The van der Waals surface area contributed by atoms with Crippen LogP contribution in [-0.4, -0.2) is 31.1 Å². The van der Waals surface area contributed by atoms with Crippen LogP contribution >= 0.6 is 0 Å². The zero-order valence-electron chi connectivity index (χ0n) is 12.4. The summed E-state index contributed by atoms with van der Waals surface area (Å²) in [5, 5.41) is 14.0. The van der Waals surface area contributed by atoms with Crippen LogP contribution in [-0.2, 0) is 17.8 Å². The number of aromatic nitrogens is 5. The maximum absolute atomic E-state index is 12.6. The number of amides is 1. The molecule has 23 heavy (non-hydrogen) atoms. The maximum Gasteiger partial charge on any atom is 0.245 e. The smallest absolute Gasteiger partial charge is 0.245 e. The molecule has 0 saturated carbocycles. The van der Waals surface area contributed by atoms with Gasteiger partial charge in [0.15, 0.2) is 0 Å². The van der Waals surface area contributed by atoms with E-state index in [1.807, 2.05) is 42.5 Å². The van der Waals surface area contributed by atoms with Crippen LogP contribution in [0.15, 0.2) is 61.2 Å². The summed E-state index contributed by atoms with van der Waals surface area (Å²) in [5.41, 5.74) is 1.99. The molecule has 1 N–H and O–H groups in total. The molecule has 2 aromatic heterocycles. The van der Waals surface area contributed by atoms with E-state index in [2.05, 4.69) is 25.8 Å². The second-order valence-electron chi connectivity index (χ2n) is 5.07. The first kappa shape index (κ1) is 14.8. The van der Waals surface area contributed by atoms with Gasteiger partial charge in [0.2, 0.25) is 5.91 Å². The van der Waals surface area contributed by atoms with Crippen molar-refractivity contribution in [1.82, 2.24) is 30.5 Å². The summed E-state index contributed by atoms with van der Waals surface area (Å²) < 4.78 is 1.48. The molecule has 3 aromatic rings. The van der Waals surface area contributed by atoms with Gasteiger partial charge in [-0.3, -0.25) is 9.78 Å². The van der Waals surface area contributed by atoms with Gasteiger partial charge in [-0.2, -0.15) is 0 Å². The summed E-state index contributed by atoms with van der Waals surface area (Å²) in [5.74, 6) is -0.134. The monoisotopic (exact) mass is 308 g/mol. The summed E-state index contributed by atoms with van der Waals surface area (Å²) in [7, 11) is 0. The topological polar surface area (TPSA) is 85.6 Å². The lowest BCUT2D eigenvalue weighted by molar-refractivity contribution is -0.124. The molecule has 0 radical (unpaired) electrons. The van der Waals surface area contributed by atoms with Crippen LogP contribution in [0.25, 0.3) is 0 Å². The van der Waals surface area contributed by atoms with Crippen molar-refractivity contribution in [2.45, 2.75) is 19.0 Å². The third-order valence-electron chi connectivity index (χ3n) is 3.45. The predicted octanol–water partition coefficient (Wildman–Crippen LogP) is 1.17. The number of hydrogen-bond donors (Lipinski definition) is 1. The van der Waals surface area contributed by atoms with Gasteiger partial charge in [0, 0.05) is 25.4 Å². The molecule has 0 aliphatic carbocycles. The van der Waals surface area contributed by atoms with E-state index in [0.717, 1.165) is 11.1 Å². The van der Waals surface area contributed by atoms with Gasteiger partial charge in [-0.05, 0) is 27.6 Å². The SMILES string of the molecule is O=C(NCc1cccnc1)[C@H](Cc1ccccc1)n1cnnn1. The standard InChI is InChI=1S/C16H16N6O/c23-16(18-11-14-7-4-8-17-10-14)15(22-12-19-20-21-22)9-13-5-2-1-3-6-13/h1-8,10,12,15H,9,11H2,(H,18,23)/t15-/m0/s1. The first-order valence-corrected chi connectivity index (χ1v) is 7.26. The third kappa shape index (κ3) is 3.97. The minimum Gasteiger partial charge on any atom is -0.350 e. The predicted molar refractivity (Wildman–Crippen MR) is 83.1 cm³/mol. The molecule has 0 fully saturated rings. The van der Waals surface area contributed by atoms with Crippen LogP contribution in [0.2, 0.25) is 0 Å². The third-order valence-corrected chi connectivity index (χ3v) is 3.45. The number of carbonyl (C=O) groups excluding carboxylic acids is 1. The average molecular weight is 308 g/mol. The second-order valence-corrected chi connectivity index (χ2v) is 5.07. The fraction of sp³-hybridized carbons (Fsp3) is 0.188. The van der Waals surface area contributed by atoms with E-state index in [-0.39, 0.29) is 5.91 Å². The van der Waals surface area contributed by atoms with Crippen molar-refractivity contribution in [3.63, 3.8) is 0 Å². The Balaban J connectivity index is 1.71. The minimum atomic E-state index is -0.496. The number of benzene rings is 1. The van der Waals surface area contributed by atoms with Gasteiger partial charge >= 0.3 is 0 Å². The summed E-state index contributed by atoms with van der Waals surface area (Å²) in [6.07, 6.45) is 5.40. The van der Waals surface area contributed by atoms with Gasteiger partial charge in [0.1, 0.15) is 12.4 Å². The summed E-state index contributed by atoms with van der Waals surface area (Å²) in [6.45, 7) is 0.417. The van der Waals surface area contributed by atoms with Crippen molar-refractivity contribution in [2.75, 3.05) is 0 Å². The Kier molecular flexibility index (Phi) is 4.68. The fourth-order valence-electron chi connectivity index (χ4n) is 2.26. The van der Waals surface area contributed by atoms with E-state index < -0.39 is 6.04 Å². The van der Waals surface area contributed by atoms with E-state index in [1.54, 1.807) is 12.4 Å². The molecule has 1 atom stereocenters. The molecule has 0 aliphatic rings. The van der Waals surface area contributed by atoms with Crippen molar-refractivity contribution in [3.05, 3.63) is 72.3 Å². The largest absolute Gasteiger partial charge is 0.350 e. The molecule has 0 aliphatic heterocycles. The zero-order valence-corrected chi connectivity index (χ0v) is 12.4. The molecule has 0 unspecified atom stereocenters. The van der Waals surface area contributed by atoms with E-state index >= 15 is 0 Å². The van der Waals surface area contributed by atoms with Crippen molar-refractivity contribution in [3.8, 4) is 0 Å². The van der Waals surface area contributed by atoms with Gasteiger partial charge in [-0.15, -0.1) is 5.10 Å². The molecular weight excluding hydrogens is 292 g/mol. The Hall–Kier alpha value is -3.09. The van der Waals surface area contributed by atoms with Gasteiger partial charge in [-0.1, -0.05) is 36.4 Å². The maximum atomic E-state index is 12.6. The molecule has 7 nitrogen and oxygen atoms in total. The molecular formula is C16H16N6O. The first-order chi connectivity index (χ1) is 11.3. The van der Waals surface area contributed by atoms with Crippen LogP contribution in [0, 0.1) is 0 Å². The number of rotatable bonds is 6. The van der Waals surface area contributed by atoms with Gasteiger partial charge in [0.25, 0.3) is 0 Å². The molecule has 2 heterocycles. The van der Waals surface area contributed by atoms with Crippen molar-refractivity contribution in [1.29, 1.82) is 0 Å². The lowest BCUT2D eigenvalue weighted by Gasteiger charge is -2.16. The van der Waals surface area contributed by atoms with Crippen LogP contribution in [0.5, 0.6) is 0 Å². The number of nitrogens with zero attached hydrogens (tertiary/aromatic N) is 5. The first-order valence-electron chi connectivity index (χ1n) is 7.26. The van der Waals surface area contributed by atoms with E-state index in [4.69, 9.17) is 0 Å². The van der Waals surface area contributed by atoms with Crippen molar-refractivity contribution in [2.24, 2.45) is 0 Å². The molecule has 0 saturated heterocycles. The highest BCUT2D eigenvalue weighted by Gasteiger charge is 2.22. The minimum absolute atomic E-state index is 0.134. The normalized spacial score (nSPS) is 11.8. The molecule has 0 spiro atoms. The lowest BCUT2D eigenvalue weighted by atomic mass is 10.1. The van der Waals surface area contributed by atoms with E-state index in [0.29, 0.717) is 13.0 Å². The van der Waals surface area contributed by atoms with E-state index in [1.165, 1.54) is 11.0 Å². The second kappa shape index (κ2) is 7.26. The Morgan fingerprint density at radius 1 is 1.13 bits per heavy atom. The van der Waals surface area contributed by atoms with Crippen molar-refractivity contribution >= 4 is 5.91 Å². The van der Waals surface area contributed by atoms with Crippen molar-refractivity contribution < 1.29 is 4.79 Å². The molecule has 7 heteroatoms. The number of nitrogens with one attached hydrogen (secondary N) is 1. The van der Waals surface area contributed by atoms with Crippen LogP contribution < -0.4 is 5.32 Å². The Morgan fingerprint density at radius 3 is 2.65 bits per heavy atom. The Bertz CT molecular complexity index is 730. The quantitative estimate of drug-likeness (QED) is 0.739. The van der Waals surface area contributed by atoms with Gasteiger partial charge in [-0.25, -0.2) is 4.68 Å². The van der Waals surface area contributed by atoms with Crippen LogP contribution in [0.4, 0.5) is 0 Å². The summed E-state index contributed by atoms with van der Waals surface area (Å²) >= 11 is 0. The molecule has 3 rings (SSSR count). The molecule has 1 aromatic carbocycles. The Morgan fingerprint density at radius 2 is 1.96 bits per heavy atom. The highest BCUT2D eigenvalue weighted by atomic mass is 16.2. The summed E-state index contributed by atoms with van der Waals surface area (Å²) in [6, 6.07) is 13.0. The average Bonchev–Trinajstić information content (AvgIpc) is 3.14.